The first-order chi connectivity index (χ1) is 21.2. The number of ether oxygens (including phenoxy) is 1. The van der Waals surface area contributed by atoms with E-state index in [9.17, 15) is 4.79 Å². The number of hydrogen-bond acceptors (Lipinski definition) is 4. The molecule has 2 aromatic heterocycles. The molecular formula is C37H39N5O2. The first-order valence-electron chi connectivity index (χ1n) is 15.6. The summed E-state index contributed by atoms with van der Waals surface area (Å²) in [4.78, 5) is 30.9. The fraction of sp³-hybridized carbons (Fsp3) is 0.324. The van der Waals surface area contributed by atoms with Crippen LogP contribution < -0.4 is 0 Å². The van der Waals surface area contributed by atoms with Gasteiger partial charge in [-0.05, 0) is 93.0 Å². The minimum absolute atomic E-state index is 0.0972. The number of imidazole rings is 2. The van der Waals surface area contributed by atoms with Crippen molar-refractivity contribution >= 4 is 16.9 Å². The molecule has 44 heavy (non-hydrogen) atoms. The number of fused-ring (bicyclic) bond motifs is 1. The van der Waals surface area contributed by atoms with Crippen LogP contribution >= 0.6 is 0 Å². The van der Waals surface area contributed by atoms with E-state index in [0.717, 1.165) is 65.4 Å². The highest BCUT2D eigenvalue weighted by molar-refractivity contribution is 5.90. The van der Waals surface area contributed by atoms with Crippen LogP contribution in [-0.4, -0.2) is 43.1 Å². The van der Waals surface area contributed by atoms with Crippen LogP contribution in [0.3, 0.4) is 0 Å². The molecule has 0 unspecified atom stereocenters. The molecule has 2 atom stereocenters. The maximum absolute atomic E-state index is 12.8. The Labute approximate surface area is 258 Å². The molecule has 0 saturated carbocycles. The minimum Gasteiger partial charge on any atom is -0.444 e. The second kappa shape index (κ2) is 11.1. The van der Waals surface area contributed by atoms with Gasteiger partial charge >= 0.3 is 6.09 Å². The number of aromatic nitrogens is 4. The highest BCUT2D eigenvalue weighted by Crippen LogP contribution is 2.35. The molecule has 7 rings (SSSR count). The van der Waals surface area contributed by atoms with Crippen LogP contribution in [0.5, 0.6) is 0 Å². The highest BCUT2D eigenvalue weighted by Gasteiger charge is 2.34. The topological polar surface area (TPSA) is 86.9 Å². The van der Waals surface area contributed by atoms with E-state index < -0.39 is 5.60 Å². The molecular weight excluding hydrogens is 546 g/mol. The smallest absolute Gasteiger partial charge is 0.410 e. The number of rotatable bonds is 5. The Morgan fingerprint density at radius 3 is 2.14 bits per heavy atom. The maximum atomic E-state index is 12.8. The summed E-state index contributed by atoms with van der Waals surface area (Å²) in [6.45, 7) is 8.56. The lowest BCUT2D eigenvalue weighted by molar-refractivity contribution is 0.0218. The molecule has 3 heterocycles. The zero-order valence-electron chi connectivity index (χ0n) is 25.9. The van der Waals surface area contributed by atoms with Crippen LogP contribution in [0.2, 0.25) is 0 Å². The average molecular weight is 586 g/mol. The van der Waals surface area contributed by atoms with Gasteiger partial charge in [-0.2, -0.15) is 0 Å². The van der Waals surface area contributed by atoms with Gasteiger partial charge in [-0.1, -0.05) is 60.2 Å². The third-order valence-corrected chi connectivity index (χ3v) is 8.75. The van der Waals surface area contributed by atoms with Crippen molar-refractivity contribution < 1.29 is 9.53 Å². The molecule has 1 aliphatic heterocycles. The summed E-state index contributed by atoms with van der Waals surface area (Å²) in [6, 6.07) is 21.7. The van der Waals surface area contributed by atoms with E-state index in [1.807, 2.05) is 33.2 Å². The normalized spacial score (nSPS) is 18.6. The van der Waals surface area contributed by atoms with Crippen molar-refractivity contribution in [2.75, 3.05) is 6.54 Å². The largest absolute Gasteiger partial charge is 0.444 e. The van der Waals surface area contributed by atoms with Gasteiger partial charge in [0.25, 0.3) is 0 Å². The number of H-pyrrole nitrogens is 2. The zero-order valence-corrected chi connectivity index (χ0v) is 25.9. The molecule has 2 N–H and O–H groups in total. The highest BCUT2D eigenvalue weighted by atomic mass is 16.6. The molecule has 3 aromatic carbocycles. The lowest BCUT2D eigenvalue weighted by Gasteiger charge is -2.27. The number of nitrogens with one attached hydrogen (secondary N) is 2. The van der Waals surface area contributed by atoms with Crippen LogP contribution in [-0.2, 0) is 4.74 Å². The van der Waals surface area contributed by atoms with E-state index in [-0.39, 0.29) is 12.1 Å². The Balaban J connectivity index is 1.06. The van der Waals surface area contributed by atoms with Gasteiger partial charge in [0.15, 0.2) is 0 Å². The summed E-state index contributed by atoms with van der Waals surface area (Å²) < 4.78 is 5.63. The van der Waals surface area contributed by atoms with Gasteiger partial charge in [-0.3, -0.25) is 4.90 Å². The van der Waals surface area contributed by atoms with E-state index in [2.05, 4.69) is 93.6 Å². The van der Waals surface area contributed by atoms with Gasteiger partial charge in [0.05, 0.1) is 29.8 Å². The Bertz CT molecular complexity index is 1860. The Kier molecular flexibility index (Phi) is 7.11. The van der Waals surface area contributed by atoms with E-state index >= 15 is 0 Å². The molecule has 5 aromatic rings. The average Bonchev–Trinajstić information content (AvgIpc) is 3.82. The molecule has 0 radical (unpaired) electrons. The van der Waals surface area contributed by atoms with Crippen molar-refractivity contribution in [1.29, 1.82) is 0 Å². The maximum Gasteiger partial charge on any atom is 0.410 e. The molecule has 1 saturated heterocycles. The Morgan fingerprint density at radius 1 is 0.818 bits per heavy atom. The second-order valence-electron chi connectivity index (χ2n) is 13.2. The predicted molar refractivity (Wildman–Crippen MR) is 175 cm³/mol. The number of nitrogens with zero attached hydrogens (tertiary/aromatic N) is 3. The number of benzene rings is 3. The Hall–Kier alpha value is -4.65. The van der Waals surface area contributed by atoms with Crippen molar-refractivity contribution in [3.8, 4) is 33.6 Å². The number of allylic oxidation sites excluding steroid dienone is 2. The van der Waals surface area contributed by atoms with Crippen molar-refractivity contribution in [2.24, 2.45) is 0 Å². The summed E-state index contributed by atoms with van der Waals surface area (Å²) in [7, 11) is 0. The van der Waals surface area contributed by atoms with Gasteiger partial charge in [0.1, 0.15) is 17.2 Å². The van der Waals surface area contributed by atoms with Crippen molar-refractivity contribution in [1.82, 2.24) is 24.8 Å². The van der Waals surface area contributed by atoms with Crippen LogP contribution in [0.4, 0.5) is 4.79 Å². The van der Waals surface area contributed by atoms with Crippen LogP contribution in [0, 0.1) is 0 Å². The van der Waals surface area contributed by atoms with Crippen molar-refractivity contribution in [3.63, 3.8) is 0 Å². The summed E-state index contributed by atoms with van der Waals surface area (Å²) in [5.41, 5.74) is 7.47. The number of likely N-dealkylation sites (tertiary alicyclic amines) is 1. The molecule has 1 aliphatic carbocycles. The molecule has 2 aliphatic rings. The number of aromatic amines is 2. The van der Waals surface area contributed by atoms with E-state index in [0.29, 0.717) is 12.5 Å². The first kappa shape index (κ1) is 28.1. The van der Waals surface area contributed by atoms with Gasteiger partial charge < -0.3 is 14.7 Å². The van der Waals surface area contributed by atoms with E-state index in [1.165, 1.54) is 21.9 Å². The third kappa shape index (κ3) is 5.66. The number of hydrogen-bond donors (Lipinski definition) is 2. The quantitative estimate of drug-likeness (QED) is 0.201. The third-order valence-electron chi connectivity index (χ3n) is 8.75. The molecule has 7 nitrogen and oxygen atoms in total. The predicted octanol–water partition coefficient (Wildman–Crippen LogP) is 9.18. The van der Waals surface area contributed by atoms with Crippen molar-refractivity contribution in [2.45, 2.75) is 70.9 Å². The molecule has 1 fully saturated rings. The molecule has 0 spiro atoms. The standard InChI is InChI=1S/C37H39N5O2/c1-23-7-8-30(18-23)34-38-22-32(40-34)29-16-15-27-19-26(13-14-28(27)20-29)24-9-11-25(12-10-24)31-21-39-35(41-31)33-6-5-17-42(33)36(43)44-37(2,3)4/h9-16,18-22,30,33H,5-8,17H2,1-4H3,(H,38,40)(H,39,41)/t30-,33+/m0/s1. The number of amides is 1. The van der Waals surface area contributed by atoms with Gasteiger partial charge in [-0.15, -0.1) is 0 Å². The summed E-state index contributed by atoms with van der Waals surface area (Å²) in [6.07, 6.45) is 9.97. The lowest BCUT2D eigenvalue weighted by Crippen LogP contribution is -2.36. The molecule has 0 bridgehead atoms. The molecule has 7 heteroatoms. The van der Waals surface area contributed by atoms with E-state index in [4.69, 9.17) is 4.74 Å². The number of carbonyl (C=O) groups is 1. The fourth-order valence-corrected chi connectivity index (χ4v) is 6.46. The van der Waals surface area contributed by atoms with Gasteiger partial charge in [-0.25, -0.2) is 14.8 Å². The summed E-state index contributed by atoms with van der Waals surface area (Å²) in [5, 5.41) is 2.40. The van der Waals surface area contributed by atoms with Gasteiger partial charge in [0, 0.05) is 18.0 Å². The zero-order chi connectivity index (χ0) is 30.4. The second-order valence-corrected chi connectivity index (χ2v) is 13.2. The first-order valence-corrected chi connectivity index (χ1v) is 15.6. The monoisotopic (exact) mass is 585 g/mol. The fourth-order valence-electron chi connectivity index (χ4n) is 6.46. The van der Waals surface area contributed by atoms with Gasteiger partial charge in [0.2, 0.25) is 0 Å². The Morgan fingerprint density at radius 2 is 1.43 bits per heavy atom. The van der Waals surface area contributed by atoms with Crippen LogP contribution in [0.15, 0.2) is 84.7 Å². The van der Waals surface area contributed by atoms with Crippen LogP contribution in [0.25, 0.3) is 44.4 Å². The summed E-state index contributed by atoms with van der Waals surface area (Å²) in [5.74, 6) is 2.26. The molecule has 1 amide bonds. The number of carbonyl (C=O) groups excluding carboxylic acids is 1. The molecule has 224 valence electrons. The minimum atomic E-state index is -0.523. The SMILES string of the molecule is CC1=C[C@@H](c2ncc(-c3ccc4cc(-c5ccc(-c6cnc([C@H]7CCCN7C(=O)OC(C)(C)C)[nH]6)cc5)ccc4c3)[nH]2)CC1. The lowest BCUT2D eigenvalue weighted by atomic mass is 9.98. The van der Waals surface area contributed by atoms with E-state index in [1.54, 1.807) is 4.90 Å². The van der Waals surface area contributed by atoms with Crippen molar-refractivity contribution in [3.05, 3.63) is 96.4 Å². The summed E-state index contributed by atoms with van der Waals surface area (Å²) >= 11 is 0. The van der Waals surface area contributed by atoms with Crippen LogP contribution in [0.1, 0.15) is 77.0 Å².